The SMILES string of the molecule is CCCOP(c1ccc(C)cc1)c1ccc(C)cc1. The number of benzene rings is 2. The average Bonchev–Trinajstić information content (AvgIpc) is 2.43. The van der Waals surface area contributed by atoms with Gasteiger partial charge < -0.3 is 4.52 Å². The third kappa shape index (κ3) is 3.89. The van der Waals surface area contributed by atoms with Crippen molar-refractivity contribution in [3.05, 3.63) is 59.7 Å². The first kappa shape index (κ1) is 14.2. The molecule has 2 aromatic carbocycles. The highest BCUT2D eigenvalue weighted by Gasteiger charge is 2.14. The predicted octanol–water partition coefficient (Wildman–Crippen LogP) is 4.08. The summed E-state index contributed by atoms with van der Waals surface area (Å²) < 4.78 is 6.11. The minimum absolute atomic E-state index is 0.682. The van der Waals surface area contributed by atoms with Crippen molar-refractivity contribution < 1.29 is 4.52 Å². The number of hydrogen-bond acceptors (Lipinski definition) is 1. The fraction of sp³-hybridized carbons (Fsp3) is 0.294. The van der Waals surface area contributed by atoms with Gasteiger partial charge in [-0.2, -0.15) is 0 Å². The van der Waals surface area contributed by atoms with Gasteiger partial charge in [-0.15, -0.1) is 0 Å². The van der Waals surface area contributed by atoms with Gasteiger partial charge in [0, 0.05) is 10.6 Å². The lowest BCUT2D eigenvalue weighted by molar-refractivity contribution is 0.360. The van der Waals surface area contributed by atoms with E-state index in [2.05, 4.69) is 69.3 Å². The summed E-state index contributed by atoms with van der Waals surface area (Å²) >= 11 is 0. The van der Waals surface area contributed by atoms with Crippen molar-refractivity contribution in [3.8, 4) is 0 Å². The zero-order valence-corrected chi connectivity index (χ0v) is 12.8. The molecule has 0 radical (unpaired) electrons. The van der Waals surface area contributed by atoms with Crippen molar-refractivity contribution >= 4 is 18.8 Å². The van der Waals surface area contributed by atoms with Crippen LogP contribution in [0.3, 0.4) is 0 Å². The molecule has 0 fully saturated rings. The van der Waals surface area contributed by atoms with E-state index in [0.29, 0.717) is 0 Å². The number of hydrogen-bond donors (Lipinski definition) is 0. The molecule has 0 heterocycles. The van der Waals surface area contributed by atoms with E-state index in [4.69, 9.17) is 4.52 Å². The van der Waals surface area contributed by atoms with Crippen LogP contribution in [0.4, 0.5) is 0 Å². The van der Waals surface area contributed by atoms with Gasteiger partial charge in [0.2, 0.25) is 0 Å². The van der Waals surface area contributed by atoms with Gasteiger partial charge in [-0.05, 0) is 20.3 Å². The summed E-state index contributed by atoms with van der Waals surface area (Å²) in [5, 5.41) is 2.58. The molecule has 0 saturated heterocycles. The van der Waals surface area contributed by atoms with E-state index in [0.717, 1.165) is 13.0 Å². The number of aryl methyl sites for hydroxylation is 2. The summed E-state index contributed by atoms with van der Waals surface area (Å²) in [4.78, 5) is 0. The Kier molecular flexibility index (Phi) is 5.13. The molecule has 0 N–H and O–H groups in total. The van der Waals surface area contributed by atoms with E-state index in [1.807, 2.05) is 0 Å². The van der Waals surface area contributed by atoms with Crippen LogP contribution in [0.15, 0.2) is 48.5 Å². The van der Waals surface area contributed by atoms with E-state index in [1.54, 1.807) is 0 Å². The highest BCUT2D eigenvalue weighted by Crippen LogP contribution is 2.35. The Balaban J connectivity index is 2.29. The fourth-order valence-corrected chi connectivity index (χ4v) is 3.64. The van der Waals surface area contributed by atoms with Gasteiger partial charge in [0.15, 0.2) is 0 Å². The Bertz CT molecular complexity index is 456. The second-order valence-electron chi connectivity index (χ2n) is 4.80. The van der Waals surface area contributed by atoms with Gasteiger partial charge in [-0.25, -0.2) is 0 Å². The molecule has 0 aliphatic carbocycles. The Labute approximate surface area is 117 Å². The van der Waals surface area contributed by atoms with Crippen molar-refractivity contribution in [2.75, 3.05) is 6.61 Å². The van der Waals surface area contributed by atoms with Gasteiger partial charge >= 0.3 is 0 Å². The molecule has 2 rings (SSSR count). The van der Waals surface area contributed by atoms with Crippen molar-refractivity contribution in [2.45, 2.75) is 27.2 Å². The summed E-state index contributed by atoms with van der Waals surface area (Å²) in [6, 6.07) is 17.4. The maximum atomic E-state index is 6.11. The van der Waals surface area contributed by atoms with Gasteiger partial charge in [-0.3, -0.25) is 0 Å². The smallest absolute Gasteiger partial charge is 0.0917 e. The predicted molar refractivity (Wildman–Crippen MR) is 84.8 cm³/mol. The topological polar surface area (TPSA) is 9.23 Å². The van der Waals surface area contributed by atoms with Crippen molar-refractivity contribution in [2.24, 2.45) is 0 Å². The Morgan fingerprint density at radius 1 is 0.789 bits per heavy atom. The number of rotatable bonds is 5. The lowest BCUT2D eigenvalue weighted by Crippen LogP contribution is -2.14. The van der Waals surface area contributed by atoms with Crippen molar-refractivity contribution in [1.82, 2.24) is 0 Å². The molecule has 0 unspecified atom stereocenters. The van der Waals surface area contributed by atoms with Crippen molar-refractivity contribution in [3.63, 3.8) is 0 Å². The van der Waals surface area contributed by atoms with Crippen LogP contribution in [0.5, 0.6) is 0 Å². The molecule has 100 valence electrons. The van der Waals surface area contributed by atoms with Crippen LogP contribution >= 0.6 is 8.15 Å². The van der Waals surface area contributed by atoms with Crippen LogP contribution in [-0.2, 0) is 4.52 Å². The maximum absolute atomic E-state index is 6.11. The normalized spacial score (nSPS) is 10.9. The van der Waals surface area contributed by atoms with E-state index >= 15 is 0 Å². The van der Waals surface area contributed by atoms with Gasteiger partial charge in [0.05, 0.1) is 14.8 Å². The van der Waals surface area contributed by atoms with Gasteiger partial charge in [0.1, 0.15) is 0 Å². The first-order chi connectivity index (χ1) is 9.20. The van der Waals surface area contributed by atoms with E-state index in [1.165, 1.54) is 21.7 Å². The molecule has 19 heavy (non-hydrogen) atoms. The molecular formula is C17H21OP. The second kappa shape index (κ2) is 6.84. The summed E-state index contributed by atoms with van der Waals surface area (Å²) in [6.07, 6.45) is 1.05. The highest BCUT2D eigenvalue weighted by atomic mass is 31.1. The summed E-state index contributed by atoms with van der Waals surface area (Å²) in [5.41, 5.74) is 2.58. The first-order valence-electron chi connectivity index (χ1n) is 6.77. The Hall–Kier alpha value is -1.17. The van der Waals surface area contributed by atoms with E-state index in [9.17, 15) is 0 Å². The third-order valence-electron chi connectivity index (χ3n) is 2.96. The molecule has 0 bridgehead atoms. The molecule has 0 amide bonds. The minimum Gasteiger partial charge on any atom is -0.350 e. The molecular weight excluding hydrogens is 251 g/mol. The van der Waals surface area contributed by atoms with Crippen LogP contribution < -0.4 is 10.6 Å². The standard InChI is InChI=1S/C17H21OP/c1-4-13-18-19(16-9-5-14(2)6-10-16)17-11-7-15(3)8-12-17/h5-12H,4,13H2,1-3H3. The maximum Gasteiger partial charge on any atom is 0.0917 e. The Morgan fingerprint density at radius 2 is 1.21 bits per heavy atom. The van der Waals surface area contributed by atoms with E-state index < -0.39 is 8.15 Å². The third-order valence-corrected chi connectivity index (χ3v) is 4.94. The quantitative estimate of drug-likeness (QED) is 0.745. The first-order valence-corrected chi connectivity index (χ1v) is 8.03. The summed E-state index contributed by atoms with van der Waals surface area (Å²) in [7, 11) is -0.682. The lowest BCUT2D eigenvalue weighted by atomic mass is 10.2. The molecule has 0 saturated carbocycles. The summed E-state index contributed by atoms with van der Waals surface area (Å²) in [5.74, 6) is 0. The largest absolute Gasteiger partial charge is 0.350 e. The zero-order valence-electron chi connectivity index (χ0n) is 11.9. The fourth-order valence-electron chi connectivity index (χ4n) is 1.84. The van der Waals surface area contributed by atoms with Crippen LogP contribution in [0.2, 0.25) is 0 Å². The van der Waals surface area contributed by atoms with Crippen LogP contribution in [0, 0.1) is 13.8 Å². The van der Waals surface area contributed by atoms with Crippen LogP contribution in [0.25, 0.3) is 0 Å². The van der Waals surface area contributed by atoms with Crippen LogP contribution in [0.1, 0.15) is 24.5 Å². The molecule has 0 aliphatic rings. The summed E-state index contributed by atoms with van der Waals surface area (Å²) in [6.45, 7) is 7.20. The Morgan fingerprint density at radius 3 is 1.58 bits per heavy atom. The molecule has 0 atom stereocenters. The average molecular weight is 272 g/mol. The van der Waals surface area contributed by atoms with Gasteiger partial charge in [-0.1, -0.05) is 66.6 Å². The lowest BCUT2D eigenvalue weighted by Gasteiger charge is -2.18. The second-order valence-corrected chi connectivity index (χ2v) is 6.68. The zero-order chi connectivity index (χ0) is 13.7. The molecule has 2 heteroatoms. The van der Waals surface area contributed by atoms with Crippen molar-refractivity contribution in [1.29, 1.82) is 0 Å². The molecule has 0 aliphatic heterocycles. The van der Waals surface area contributed by atoms with Crippen LogP contribution in [-0.4, -0.2) is 6.61 Å². The highest BCUT2D eigenvalue weighted by molar-refractivity contribution is 7.68. The van der Waals surface area contributed by atoms with E-state index in [-0.39, 0.29) is 0 Å². The molecule has 0 aromatic heterocycles. The minimum atomic E-state index is -0.682. The molecule has 1 nitrogen and oxygen atoms in total. The monoisotopic (exact) mass is 272 g/mol. The molecule has 2 aromatic rings. The van der Waals surface area contributed by atoms with Gasteiger partial charge in [0.25, 0.3) is 0 Å². The molecule has 0 spiro atoms.